The van der Waals surface area contributed by atoms with Crippen molar-refractivity contribution in [2.75, 3.05) is 13.6 Å². The molecule has 0 fully saturated rings. The molecular formula is C13H21NO2. The monoisotopic (exact) mass is 223 g/mol. The summed E-state index contributed by atoms with van der Waals surface area (Å²) in [6.07, 6.45) is -0.288. The van der Waals surface area contributed by atoms with Crippen LogP contribution in [0.3, 0.4) is 0 Å². The van der Waals surface area contributed by atoms with Crippen molar-refractivity contribution in [1.82, 2.24) is 5.32 Å². The molecule has 90 valence electrons. The Balaban J connectivity index is 2.82. The number of aliphatic hydroxyl groups is 1. The summed E-state index contributed by atoms with van der Waals surface area (Å²) in [5, 5.41) is 12.8. The highest BCUT2D eigenvalue weighted by atomic mass is 16.5. The molecule has 0 radical (unpaired) electrons. The van der Waals surface area contributed by atoms with E-state index in [1.165, 1.54) is 0 Å². The van der Waals surface area contributed by atoms with Gasteiger partial charge in [0, 0.05) is 6.54 Å². The molecule has 0 aliphatic carbocycles. The van der Waals surface area contributed by atoms with Crippen molar-refractivity contribution in [2.24, 2.45) is 0 Å². The number of nitrogens with one attached hydrogen (secondary N) is 1. The van der Waals surface area contributed by atoms with Gasteiger partial charge in [-0.1, -0.05) is 6.07 Å². The van der Waals surface area contributed by atoms with Crippen molar-refractivity contribution in [3.8, 4) is 5.75 Å². The number of aliphatic hydroxyl groups excluding tert-OH is 1. The molecule has 1 aromatic carbocycles. The number of likely N-dealkylation sites (N-methyl/N-ethyl adjacent to an activating group) is 1. The summed E-state index contributed by atoms with van der Waals surface area (Å²) in [7, 11) is 1.83. The molecule has 0 spiro atoms. The fourth-order valence-corrected chi connectivity index (χ4v) is 1.58. The molecule has 2 N–H and O–H groups in total. The number of ether oxygens (including phenoxy) is 1. The second kappa shape index (κ2) is 5.87. The maximum Gasteiger partial charge on any atom is 0.122 e. The molecule has 0 amide bonds. The minimum Gasteiger partial charge on any atom is -0.491 e. The third-order valence-corrected chi connectivity index (χ3v) is 2.34. The van der Waals surface area contributed by atoms with Crippen molar-refractivity contribution in [3.05, 3.63) is 29.3 Å². The Labute approximate surface area is 97.4 Å². The van der Waals surface area contributed by atoms with Gasteiger partial charge in [0.05, 0.1) is 12.2 Å². The topological polar surface area (TPSA) is 41.5 Å². The van der Waals surface area contributed by atoms with Crippen molar-refractivity contribution in [2.45, 2.75) is 33.0 Å². The van der Waals surface area contributed by atoms with Crippen LogP contribution in [0.5, 0.6) is 5.75 Å². The Bertz CT molecular complexity index is 337. The largest absolute Gasteiger partial charge is 0.491 e. The normalized spacial score (nSPS) is 12.9. The van der Waals surface area contributed by atoms with Gasteiger partial charge in [-0.15, -0.1) is 0 Å². The Morgan fingerprint density at radius 1 is 1.38 bits per heavy atom. The van der Waals surface area contributed by atoms with E-state index in [1.54, 1.807) is 0 Å². The zero-order chi connectivity index (χ0) is 12.1. The molecule has 3 heteroatoms. The fourth-order valence-electron chi connectivity index (χ4n) is 1.58. The van der Waals surface area contributed by atoms with Gasteiger partial charge in [-0.05, 0) is 51.1 Å². The van der Waals surface area contributed by atoms with Gasteiger partial charge in [0.15, 0.2) is 0 Å². The summed E-state index contributed by atoms with van der Waals surface area (Å²) in [4.78, 5) is 0. The van der Waals surface area contributed by atoms with Gasteiger partial charge in [0.2, 0.25) is 0 Å². The summed E-state index contributed by atoms with van der Waals surface area (Å²) in [5.74, 6) is 0.885. The van der Waals surface area contributed by atoms with Crippen LogP contribution in [0.1, 0.15) is 31.1 Å². The lowest BCUT2D eigenvalue weighted by Gasteiger charge is -2.15. The summed E-state index contributed by atoms with van der Waals surface area (Å²) in [6, 6.07) is 5.80. The SMILES string of the molecule is CNCC(O)c1ccc(OC(C)C)c(C)c1. The number of aryl methyl sites for hydroxylation is 1. The smallest absolute Gasteiger partial charge is 0.122 e. The average molecular weight is 223 g/mol. The van der Waals surface area contributed by atoms with Crippen LogP contribution < -0.4 is 10.1 Å². The van der Waals surface area contributed by atoms with E-state index in [2.05, 4.69) is 5.32 Å². The highest BCUT2D eigenvalue weighted by Gasteiger charge is 2.09. The second-order valence-corrected chi connectivity index (χ2v) is 4.27. The van der Waals surface area contributed by atoms with E-state index in [4.69, 9.17) is 4.74 Å². The van der Waals surface area contributed by atoms with E-state index in [0.717, 1.165) is 16.9 Å². The minimum absolute atomic E-state index is 0.173. The van der Waals surface area contributed by atoms with E-state index >= 15 is 0 Å². The Hall–Kier alpha value is -1.06. The zero-order valence-corrected chi connectivity index (χ0v) is 10.4. The minimum atomic E-state index is -0.461. The molecular weight excluding hydrogens is 202 g/mol. The van der Waals surface area contributed by atoms with E-state index in [9.17, 15) is 5.11 Å². The highest BCUT2D eigenvalue weighted by molar-refractivity contribution is 5.37. The lowest BCUT2D eigenvalue weighted by Crippen LogP contribution is -2.16. The first-order valence-corrected chi connectivity index (χ1v) is 5.64. The van der Waals surface area contributed by atoms with Gasteiger partial charge in [-0.2, -0.15) is 0 Å². The Morgan fingerprint density at radius 3 is 2.56 bits per heavy atom. The van der Waals surface area contributed by atoms with E-state index in [1.807, 2.05) is 46.0 Å². The van der Waals surface area contributed by atoms with Crippen LogP contribution in [0, 0.1) is 6.92 Å². The van der Waals surface area contributed by atoms with Crippen LogP contribution in [-0.2, 0) is 0 Å². The van der Waals surface area contributed by atoms with Crippen LogP contribution in [0.15, 0.2) is 18.2 Å². The molecule has 0 aromatic heterocycles. The van der Waals surface area contributed by atoms with Crippen LogP contribution in [0.2, 0.25) is 0 Å². The molecule has 0 heterocycles. The summed E-state index contributed by atoms with van der Waals surface area (Å²) in [6.45, 7) is 6.56. The predicted octanol–water partition coefficient (Wildman–Crippen LogP) is 2.04. The van der Waals surface area contributed by atoms with E-state index in [0.29, 0.717) is 6.54 Å². The highest BCUT2D eigenvalue weighted by Crippen LogP contribution is 2.23. The zero-order valence-electron chi connectivity index (χ0n) is 10.4. The van der Waals surface area contributed by atoms with E-state index in [-0.39, 0.29) is 6.10 Å². The van der Waals surface area contributed by atoms with Gasteiger partial charge >= 0.3 is 0 Å². The number of hydrogen-bond donors (Lipinski definition) is 2. The molecule has 1 atom stereocenters. The fraction of sp³-hybridized carbons (Fsp3) is 0.538. The van der Waals surface area contributed by atoms with E-state index < -0.39 is 6.10 Å². The van der Waals surface area contributed by atoms with Crippen LogP contribution in [-0.4, -0.2) is 24.8 Å². The van der Waals surface area contributed by atoms with Crippen LogP contribution >= 0.6 is 0 Å². The average Bonchev–Trinajstić information content (AvgIpc) is 2.20. The Kier molecular flexibility index (Phi) is 4.77. The van der Waals surface area contributed by atoms with Crippen molar-refractivity contribution < 1.29 is 9.84 Å². The molecule has 0 bridgehead atoms. The molecule has 0 saturated heterocycles. The molecule has 0 saturated carbocycles. The molecule has 16 heavy (non-hydrogen) atoms. The third-order valence-electron chi connectivity index (χ3n) is 2.34. The van der Waals surface area contributed by atoms with Gasteiger partial charge in [-0.25, -0.2) is 0 Å². The molecule has 0 aliphatic heterocycles. The maximum atomic E-state index is 9.81. The standard InChI is InChI=1S/C13H21NO2/c1-9(2)16-13-6-5-11(7-10(13)3)12(15)8-14-4/h5-7,9,12,14-15H,8H2,1-4H3. The Morgan fingerprint density at radius 2 is 2.06 bits per heavy atom. The lowest BCUT2D eigenvalue weighted by atomic mass is 10.1. The molecule has 1 rings (SSSR count). The first-order valence-electron chi connectivity index (χ1n) is 5.64. The summed E-state index contributed by atoms with van der Waals surface area (Å²) in [5.41, 5.74) is 1.98. The first kappa shape index (κ1) is 13.0. The van der Waals surface area contributed by atoms with Gasteiger partial charge in [0.25, 0.3) is 0 Å². The third kappa shape index (κ3) is 3.51. The molecule has 3 nitrogen and oxygen atoms in total. The quantitative estimate of drug-likeness (QED) is 0.802. The first-order chi connectivity index (χ1) is 7.54. The summed E-state index contributed by atoms with van der Waals surface area (Å²) < 4.78 is 5.64. The van der Waals surface area contributed by atoms with Crippen molar-refractivity contribution in [3.63, 3.8) is 0 Å². The molecule has 0 aliphatic rings. The lowest BCUT2D eigenvalue weighted by molar-refractivity contribution is 0.177. The predicted molar refractivity (Wildman–Crippen MR) is 65.8 cm³/mol. The second-order valence-electron chi connectivity index (χ2n) is 4.27. The molecule has 1 aromatic rings. The number of rotatable bonds is 5. The van der Waals surface area contributed by atoms with Crippen LogP contribution in [0.25, 0.3) is 0 Å². The van der Waals surface area contributed by atoms with Crippen molar-refractivity contribution in [1.29, 1.82) is 0 Å². The van der Waals surface area contributed by atoms with Crippen LogP contribution in [0.4, 0.5) is 0 Å². The number of benzene rings is 1. The molecule has 1 unspecified atom stereocenters. The van der Waals surface area contributed by atoms with Gasteiger partial charge in [0.1, 0.15) is 5.75 Å². The van der Waals surface area contributed by atoms with Gasteiger partial charge < -0.3 is 15.2 Å². The summed E-state index contributed by atoms with van der Waals surface area (Å²) >= 11 is 0. The number of hydrogen-bond acceptors (Lipinski definition) is 3. The van der Waals surface area contributed by atoms with Crippen molar-refractivity contribution >= 4 is 0 Å². The van der Waals surface area contributed by atoms with Gasteiger partial charge in [-0.3, -0.25) is 0 Å². The maximum absolute atomic E-state index is 9.81.